The van der Waals surface area contributed by atoms with Crippen molar-refractivity contribution in [1.82, 2.24) is 9.97 Å². The zero-order valence-corrected chi connectivity index (χ0v) is 39.3. The van der Waals surface area contributed by atoms with E-state index in [1.807, 2.05) is 36.4 Å². The van der Waals surface area contributed by atoms with Gasteiger partial charge in [-0.2, -0.15) is 0 Å². The number of carbonyl (C=O) groups excluding carboxylic acids is 2. The molecule has 6 N–H and O–H groups in total. The molecular formula is C50H48CoN2O20. The Morgan fingerprint density at radius 2 is 0.548 bits per heavy atom. The van der Waals surface area contributed by atoms with Crippen molar-refractivity contribution in [3.63, 3.8) is 0 Å². The van der Waals surface area contributed by atoms with Gasteiger partial charge in [0.25, 0.3) is 0 Å². The van der Waals surface area contributed by atoms with Gasteiger partial charge in [-0.1, -0.05) is 12.1 Å². The molecule has 22 nitrogen and oxygen atoms in total. The van der Waals surface area contributed by atoms with Crippen molar-refractivity contribution in [1.29, 1.82) is 0 Å². The second-order valence-corrected chi connectivity index (χ2v) is 13.3. The Balaban J connectivity index is 0.000000874. The smallest absolute Gasteiger partial charge is 0.550 e. The number of aromatic nitrogens is 2. The quantitative estimate of drug-likeness (QED) is 0.0615. The Labute approximate surface area is 426 Å². The maximum atomic E-state index is 10.5. The van der Waals surface area contributed by atoms with Gasteiger partial charge in [0.2, 0.25) is 0 Å². The third-order valence-electron chi connectivity index (χ3n) is 7.86. The summed E-state index contributed by atoms with van der Waals surface area (Å²) in [7, 11) is 0. The molecule has 0 saturated carbocycles. The fourth-order valence-corrected chi connectivity index (χ4v) is 4.42. The normalized spacial score (nSPS) is 9.21. The summed E-state index contributed by atoms with van der Waals surface area (Å²) in [5, 5.41) is 71.2. The molecular weight excluding hydrogens is 1010 g/mol. The number of hydrogen-bond acceptors (Lipinski definition) is 16. The number of carboxylic acid groups (broad SMARTS) is 8. The first kappa shape index (κ1) is 63.6. The maximum Gasteiger partial charge on any atom is 2.00 e. The van der Waals surface area contributed by atoms with Gasteiger partial charge in [0.1, 0.15) is 23.0 Å². The Bertz CT molecular complexity index is 2150. The summed E-state index contributed by atoms with van der Waals surface area (Å²) < 4.78 is 20.2. The van der Waals surface area contributed by atoms with E-state index in [9.17, 15) is 48.6 Å². The van der Waals surface area contributed by atoms with Gasteiger partial charge in [0.05, 0.1) is 61.5 Å². The molecule has 2 aromatic heterocycles. The summed E-state index contributed by atoms with van der Waals surface area (Å²) in [6.45, 7) is 0.160. The molecule has 6 aromatic rings. The fraction of sp³-hybridized carbons (Fsp3) is 0.160. The van der Waals surface area contributed by atoms with Crippen LogP contribution in [-0.2, 0) is 36.0 Å². The van der Waals surface area contributed by atoms with E-state index < -0.39 is 47.8 Å². The van der Waals surface area contributed by atoms with Crippen LogP contribution < -0.4 is 29.2 Å². The zero-order chi connectivity index (χ0) is 53.5. The number of carbonyl (C=O) groups is 8. The van der Waals surface area contributed by atoms with Gasteiger partial charge in [-0.05, 0) is 121 Å². The van der Waals surface area contributed by atoms with Crippen molar-refractivity contribution in [2.24, 2.45) is 0 Å². The van der Waals surface area contributed by atoms with Crippen molar-refractivity contribution in [3.05, 3.63) is 181 Å². The molecule has 387 valence electrons. The number of carboxylic acids is 8. The van der Waals surface area contributed by atoms with E-state index in [1.54, 1.807) is 24.8 Å². The molecule has 73 heavy (non-hydrogen) atoms. The van der Waals surface area contributed by atoms with Gasteiger partial charge >= 0.3 is 52.6 Å². The summed E-state index contributed by atoms with van der Waals surface area (Å²) >= 11 is 0. The average molecular weight is 1060 g/mol. The molecule has 0 atom stereocenters. The molecule has 0 spiro atoms. The Morgan fingerprint density at radius 3 is 0.685 bits per heavy atom. The third-order valence-corrected chi connectivity index (χ3v) is 7.86. The molecule has 23 heteroatoms. The fourth-order valence-electron chi connectivity index (χ4n) is 4.42. The molecule has 0 unspecified atom stereocenters. The third kappa shape index (κ3) is 33.7. The predicted octanol–water partition coefficient (Wildman–Crippen LogP) is 4.44. The Morgan fingerprint density at radius 1 is 0.342 bits per heavy atom. The molecule has 0 fully saturated rings. The van der Waals surface area contributed by atoms with E-state index in [0.717, 1.165) is 0 Å². The number of hydrogen-bond donors (Lipinski definition) is 6. The molecule has 0 aliphatic rings. The van der Waals surface area contributed by atoms with Crippen molar-refractivity contribution >= 4 is 47.8 Å². The van der Waals surface area contributed by atoms with Gasteiger partial charge in [-0.3, -0.25) is 19.6 Å². The van der Waals surface area contributed by atoms with Crippen molar-refractivity contribution in [2.75, 3.05) is 26.4 Å². The SMILES string of the molecule is O=C(O)CCOc1ccc(C(=O)O)cc1.O=C(O)CCOc1ccc(C(=O)O)cc1.O=C([O-])CCOc1ccc(C(=O)O)cc1.O=C([O-])CCOc1ccc(C(=O)O)cc1.[Co+2].c1ccncc1.c1ccncc1. The topological polar surface area (TPSA) is 367 Å². The van der Waals surface area contributed by atoms with E-state index in [4.69, 9.17) is 49.6 Å². The van der Waals surface area contributed by atoms with Crippen LogP contribution in [0, 0.1) is 0 Å². The molecule has 6 rings (SSSR count). The summed E-state index contributed by atoms with van der Waals surface area (Å²) in [5.74, 6) is -6.50. The van der Waals surface area contributed by atoms with Gasteiger partial charge in [-0.15, -0.1) is 0 Å². The zero-order valence-electron chi connectivity index (χ0n) is 38.3. The number of pyridine rings is 2. The average Bonchev–Trinajstić information content (AvgIpc) is 3.36. The maximum absolute atomic E-state index is 10.5. The van der Waals surface area contributed by atoms with Crippen molar-refractivity contribution in [2.45, 2.75) is 25.7 Å². The minimum absolute atomic E-state index is 0. The van der Waals surface area contributed by atoms with Crippen LogP contribution in [0.15, 0.2) is 158 Å². The first-order chi connectivity index (χ1) is 34.4. The second kappa shape index (κ2) is 38.5. The van der Waals surface area contributed by atoms with Crippen LogP contribution in [0.3, 0.4) is 0 Å². The second-order valence-electron chi connectivity index (χ2n) is 13.3. The van der Waals surface area contributed by atoms with E-state index in [1.165, 1.54) is 97.1 Å². The predicted molar refractivity (Wildman–Crippen MR) is 248 cm³/mol. The molecule has 1 radical (unpaired) electrons. The van der Waals surface area contributed by atoms with Gasteiger partial charge in [0, 0.05) is 49.6 Å². The number of aliphatic carboxylic acids is 4. The number of rotatable bonds is 20. The number of nitrogens with zero attached hydrogens (tertiary/aromatic N) is 2. The molecule has 4 aromatic carbocycles. The van der Waals surface area contributed by atoms with Crippen LogP contribution in [0.4, 0.5) is 0 Å². The van der Waals surface area contributed by atoms with Crippen LogP contribution in [0.5, 0.6) is 23.0 Å². The van der Waals surface area contributed by atoms with Crippen LogP contribution in [-0.4, -0.2) is 115 Å². The minimum Gasteiger partial charge on any atom is -0.550 e. The monoisotopic (exact) mass is 1060 g/mol. The summed E-state index contributed by atoms with van der Waals surface area (Å²) in [4.78, 5) is 90.0. The van der Waals surface area contributed by atoms with Crippen LogP contribution in [0.25, 0.3) is 0 Å². The van der Waals surface area contributed by atoms with Crippen LogP contribution in [0.1, 0.15) is 67.1 Å². The standard InChI is InChI=1S/4C10H10O5.2C5H5N.Co/c4*11-9(12)5-6-15-8-3-1-7(2-4-8)10(13)14;2*1-2-4-6-5-3-1;/h4*1-4H,5-6H2,(H,11,12)(H,13,14);2*1-5H;/q;;;;;;+2/p-2. The molecule has 2 heterocycles. The summed E-state index contributed by atoms with van der Waals surface area (Å²) in [5.41, 5.74) is 0.644. The van der Waals surface area contributed by atoms with Gasteiger partial charge < -0.3 is 69.4 Å². The van der Waals surface area contributed by atoms with Gasteiger partial charge in [-0.25, -0.2) is 19.2 Å². The van der Waals surface area contributed by atoms with E-state index in [2.05, 4.69) is 9.97 Å². The first-order valence-corrected chi connectivity index (χ1v) is 20.8. The van der Waals surface area contributed by atoms with Gasteiger partial charge in [0.15, 0.2) is 0 Å². The molecule has 0 saturated heterocycles. The number of aromatic carboxylic acids is 4. The molecule has 0 aliphatic carbocycles. The summed E-state index contributed by atoms with van der Waals surface area (Å²) in [6, 6.07) is 34.4. The molecule has 0 aliphatic heterocycles. The van der Waals surface area contributed by atoms with E-state index in [0.29, 0.717) is 23.0 Å². The van der Waals surface area contributed by atoms with E-state index >= 15 is 0 Å². The Hall–Kier alpha value is -9.35. The van der Waals surface area contributed by atoms with Crippen molar-refractivity contribution in [3.8, 4) is 23.0 Å². The van der Waals surface area contributed by atoms with Crippen LogP contribution in [0.2, 0.25) is 0 Å². The van der Waals surface area contributed by atoms with E-state index in [-0.39, 0.29) is 91.1 Å². The largest absolute Gasteiger partial charge is 2.00 e. The summed E-state index contributed by atoms with van der Waals surface area (Å²) in [6.07, 6.45) is 6.45. The van der Waals surface area contributed by atoms with Crippen molar-refractivity contribution < 1.29 is 115 Å². The Kier molecular flexibility index (Phi) is 33.6. The number of ether oxygens (including phenoxy) is 4. The first-order valence-electron chi connectivity index (χ1n) is 20.8. The number of benzene rings is 4. The van der Waals surface area contributed by atoms with Crippen LogP contribution >= 0.6 is 0 Å². The molecule has 0 bridgehead atoms. The molecule has 0 amide bonds. The minimum atomic E-state index is -1.18.